The summed E-state index contributed by atoms with van der Waals surface area (Å²) in [7, 11) is 0. The number of nitrogens with zero attached hydrogens (tertiary/aromatic N) is 2. The highest BCUT2D eigenvalue weighted by atomic mass is 16.1. The Morgan fingerprint density at radius 3 is 2.74 bits per heavy atom. The van der Waals surface area contributed by atoms with Crippen molar-refractivity contribution in [2.75, 3.05) is 18.4 Å². The first-order chi connectivity index (χ1) is 11.2. The fourth-order valence-electron chi connectivity index (χ4n) is 3.21. The van der Waals surface area contributed by atoms with Gasteiger partial charge in [-0.2, -0.15) is 0 Å². The number of amides is 1. The molecule has 4 nitrogen and oxygen atoms in total. The van der Waals surface area contributed by atoms with Gasteiger partial charge in [-0.1, -0.05) is 18.2 Å². The first-order valence-electron chi connectivity index (χ1n) is 8.20. The lowest BCUT2D eigenvalue weighted by Crippen LogP contribution is -2.32. The van der Waals surface area contributed by atoms with E-state index in [1.165, 1.54) is 18.2 Å². The number of hydrogen-bond acceptors (Lipinski definition) is 3. The van der Waals surface area contributed by atoms with Gasteiger partial charge >= 0.3 is 0 Å². The Balaban J connectivity index is 1.55. The Labute approximate surface area is 137 Å². The lowest BCUT2D eigenvalue weighted by atomic mass is 9.93. The molecule has 1 aliphatic heterocycles. The standard InChI is InChI=1S/C19H23N3O/c1-15(23)21-18-6-4-5-16(13-18)14-22-11-8-17(9-12-22)19-7-2-3-10-20-19/h2-7,10,13,17H,8-9,11-12,14H2,1H3,(H,21,23). The number of nitrogens with one attached hydrogen (secondary N) is 1. The number of carbonyl (C=O) groups is 1. The van der Waals surface area contributed by atoms with E-state index in [-0.39, 0.29) is 5.91 Å². The van der Waals surface area contributed by atoms with Gasteiger partial charge in [0.25, 0.3) is 0 Å². The maximum absolute atomic E-state index is 11.2. The van der Waals surface area contributed by atoms with Gasteiger partial charge in [0.1, 0.15) is 0 Å². The number of aromatic nitrogens is 1. The van der Waals surface area contributed by atoms with Crippen molar-refractivity contribution < 1.29 is 4.79 Å². The summed E-state index contributed by atoms with van der Waals surface area (Å²) in [5.41, 5.74) is 3.34. The lowest BCUT2D eigenvalue weighted by Gasteiger charge is -2.31. The Bertz CT molecular complexity index is 649. The zero-order chi connectivity index (χ0) is 16.1. The monoisotopic (exact) mass is 309 g/mol. The number of piperidine rings is 1. The summed E-state index contributed by atoms with van der Waals surface area (Å²) in [6.45, 7) is 4.65. The molecule has 0 unspecified atom stereocenters. The molecule has 1 aromatic carbocycles. The minimum absolute atomic E-state index is 0.0293. The molecular formula is C19H23N3O. The molecule has 4 heteroatoms. The summed E-state index contributed by atoms with van der Waals surface area (Å²) in [6.07, 6.45) is 4.19. The predicted octanol–water partition coefficient (Wildman–Crippen LogP) is 3.42. The normalized spacial score (nSPS) is 16.2. The van der Waals surface area contributed by atoms with Crippen LogP contribution in [0.4, 0.5) is 5.69 Å². The number of anilines is 1. The van der Waals surface area contributed by atoms with Crippen LogP contribution in [-0.4, -0.2) is 28.9 Å². The molecule has 0 bridgehead atoms. The summed E-state index contributed by atoms with van der Waals surface area (Å²) >= 11 is 0. The van der Waals surface area contributed by atoms with Crippen LogP contribution in [0.15, 0.2) is 48.7 Å². The second kappa shape index (κ2) is 7.38. The van der Waals surface area contributed by atoms with Gasteiger partial charge in [-0.25, -0.2) is 0 Å². The molecule has 1 aromatic heterocycles. The van der Waals surface area contributed by atoms with E-state index in [0.29, 0.717) is 5.92 Å². The summed E-state index contributed by atoms with van der Waals surface area (Å²) in [5.74, 6) is 0.552. The van der Waals surface area contributed by atoms with E-state index in [4.69, 9.17) is 0 Å². The molecule has 1 saturated heterocycles. The van der Waals surface area contributed by atoms with Crippen molar-refractivity contribution in [3.8, 4) is 0 Å². The Morgan fingerprint density at radius 1 is 1.22 bits per heavy atom. The smallest absolute Gasteiger partial charge is 0.221 e. The zero-order valence-electron chi connectivity index (χ0n) is 13.5. The number of rotatable bonds is 4. The number of likely N-dealkylation sites (tertiary alicyclic amines) is 1. The van der Waals surface area contributed by atoms with E-state index in [1.54, 1.807) is 0 Å². The molecule has 120 valence electrons. The lowest BCUT2D eigenvalue weighted by molar-refractivity contribution is -0.114. The highest BCUT2D eigenvalue weighted by molar-refractivity contribution is 5.88. The predicted molar refractivity (Wildman–Crippen MR) is 92.2 cm³/mol. The van der Waals surface area contributed by atoms with Gasteiger partial charge in [-0.3, -0.25) is 14.7 Å². The molecule has 23 heavy (non-hydrogen) atoms. The van der Waals surface area contributed by atoms with Crippen LogP contribution in [0.5, 0.6) is 0 Å². The molecule has 0 radical (unpaired) electrons. The molecule has 1 N–H and O–H groups in total. The van der Waals surface area contributed by atoms with Crippen molar-refractivity contribution >= 4 is 11.6 Å². The first-order valence-corrected chi connectivity index (χ1v) is 8.20. The van der Waals surface area contributed by atoms with Gasteiger partial charge in [0.05, 0.1) is 0 Å². The van der Waals surface area contributed by atoms with E-state index >= 15 is 0 Å². The fourth-order valence-corrected chi connectivity index (χ4v) is 3.21. The van der Waals surface area contributed by atoms with Crippen molar-refractivity contribution in [2.24, 2.45) is 0 Å². The third-order valence-electron chi connectivity index (χ3n) is 4.35. The van der Waals surface area contributed by atoms with Crippen LogP contribution in [-0.2, 0) is 11.3 Å². The molecule has 0 atom stereocenters. The van der Waals surface area contributed by atoms with Crippen molar-refractivity contribution in [3.05, 3.63) is 59.9 Å². The maximum Gasteiger partial charge on any atom is 0.221 e. The van der Waals surface area contributed by atoms with Gasteiger partial charge in [0.2, 0.25) is 5.91 Å². The molecule has 1 aliphatic rings. The van der Waals surface area contributed by atoms with Crippen LogP contribution in [0.1, 0.15) is 36.9 Å². The van der Waals surface area contributed by atoms with Crippen molar-refractivity contribution in [1.82, 2.24) is 9.88 Å². The quantitative estimate of drug-likeness (QED) is 0.941. The summed E-state index contributed by atoms with van der Waals surface area (Å²) < 4.78 is 0. The van der Waals surface area contributed by atoms with Crippen LogP contribution in [0.2, 0.25) is 0 Å². The number of benzene rings is 1. The van der Waals surface area contributed by atoms with E-state index < -0.39 is 0 Å². The van der Waals surface area contributed by atoms with Crippen LogP contribution >= 0.6 is 0 Å². The maximum atomic E-state index is 11.2. The van der Waals surface area contributed by atoms with E-state index in [2.05, 4.69) is 39.5 Å². The first kappa shape index (κ1) is 15.7. The Morgan fingerprint density at radius 2 is 2.04 bits per heavy atom. The second-order valence-electron chi connectivity index (χ2n) is 6.19. The Kier molecular flexibility index (Phi) is 5.03. The van der Waals surface area contributed by atoms with E-state index in [0.717, 1.165) is 38.2 Å². The highest BCUT2D eigenvalue weighted by Gasteiger charge is 2.21. The molecule has 1 amide bonds. The zero-order valence-corrected chi connectivity index (χ0v) is 13.5. The fraction of sp³-hybridized carbons (Fsp3) is 0.368. The van der Waals surface area contributed by atoms with Crippen LogP contribution < -0.4 is 5.32 Å². The van der Waals surface area contributed by atoms with Crippen molar-refractivity contribution in [1.29, 1.82) is 0 Å². The molecule has 2 heterocycles. The molecule has 0 saturated carbocycles. The molecule has 3 rings (SSSR count). The molecule has 0 aliphatic carbocycles. The van der Waals surface area contributed by atoms with Crippen LogP contribution in [0, 0.1) is 0 Å². The van der Waals surface area contributed by atoms with Gasteiger partial charge in [-0.05, 0) is 55.8 Å². The second-order valence-corrected chi connectivity index (χ2v) is 6.19. The summed E-state index contributed by atoms with van der Waals surface area (Å²) in [5, 5.41) is 2.85. The van der Waals surface area contributed by atoms with Gasteiger partial charge in [0, 0.05) is 37.0 Å². The van der Waals surface area contributed by atoms with Crippen molar-refractivity contribution in [3.63, 3.8) is 0 Å². The minimum Gasteiger partial charge on any atom is -0.326 e. The number of hydrogen-bond donors (Lipinski definition) is 1. The number of pyridine rings is 1. The van der Waals surface area contributed by atoms with Gasteiger partial charge in [0.15, 0.2) is 0 Å². The molecule has 1 fully saturated rings. The van der Waals surface area contributed by atoms with E-state index in [1.807, 2.05) is 24.4 Å². The summed E-state index contributed by atoms with van der Waals surface area (Å²) in [4.78, 5) is 18.1. The Hall–Kier alpha value is -2.20. The summed E-state index contributed by atoms with van der Waals surface area (Å²) in [6, 6.07) is 14.3. The average molecular weight is 309 g/mol. The largest absolute Gasteiger partial charge is 0.326 e. The molecular weight excluding hydrogens is 286 g/mol. The number of carbonyl (C=O) groups excluding carboxylic acids is 1. The van der Waals surface area contributed by atoms with Crippen molar-refractivity contribution in [2.45, 2.75) is 32.2 Å². The molecule has 0 spiro atoms. The van der Waals surface area contributed by atoms with E-state index in [9.17, 15) is 4.79 Å². The average Bonchev–Trinajstić information content (AvgIpc) is 2.56. The van der Waals surface area contributed by atoms with Crippen LogP contribution in [0.3, 0.4) is 0 Å². The minimum atomic E-state index is -0.0293. The van der Waals surface area contributed by atoms with Gasteiger partial charge in [-0.15, -0.1) is 0 Å². The third kappa shape index (κ3) is 4.39. The third-order valence-corrected chi connectivity index (χ3v) is 4.35. The SMILES string of the molecule is CC(=O)Nc1cccc(CN2CCC(c3ccccn3)CC2)c1. The topological polar surface area (TPSA) is 45.2 Å². The van der Waals surface area contributed by atoms with Crippen LogP contribution in [0.25, 0.3) is 0 Å². The van der Waals surface area contributed by atoms with Gasteiger partial charge < -0.3 is 5.32 Å². The highest BCUT2D eigenvalue weighted by Crippen LogP contribution is 2.27. The molecule has 2 aromatic rings.